The first kappa shape index (κ1) is 68.0. The summed E-state index contributed by atoms with van der Waals surface area (Å²) in [6.45, 7) is 2.13. The number of anilines is 1. The Balaban J connectivity index is 1.40. The summed E-state index contributed by atoms with van der Waals surface area (Å²) in [5.74, 6) is -4.00. The van der Waals surface area contributed by atoms with Crippen LogP contribution in [-0.2, 0) is 100 Å². The summed E-state index contributed by atoms with van der Waals surface area (Å²) < 4.78 is 232. The maximum absolute atomic E-state index is 13.0. The van der Waals surface area contributed by atoms with Crippen molar-refractivity contribution in [3.8, 4) is 5.75 Å². The molecular weight excluding hydrogens is 1300 g/mol. The Hall–Kier alpha value is -6.90. The fourth-order valence-electron chi connectivity index (χ4n) is 11.4. The Morgan fingerprint density at radius 2 is 1.15 bits per heavy atom. The van der Waals surface area contributed by atoms with E-state index in [4.69, 9.17) is 19.0 Å². The third-order valence-electron chi connectivity index (χ3n) is 15.4. The van der Waals surface area contributed by atoms with Crippen molar-refractivity contribution in [2.24, 2.45) is 0 Å². The van der Waals surface area contributed by atoms with Gasteiger partial charge < -0.3 is 23.9 Å². The smallest absolute Gasteiger partial charge is 0.370 e. The Labute approximate surface area is 512 Å². The standard InChI is InChI=1S/C55H59N3O25S6/c1-54(21-25-80-3)47(56(23-5-27-84(62,63)64)43-15-13-39-41(52(43)54)29-37(86(68,69)70)31-45(39)88(74,75)76)17-9-35(34-7-11-36(12-8-34)82-33-51(61)83-58-49(59)19-20-50(58)60)10-18-48-55(2,22-26-81-4)53-42-30-38(87(71,72)73)32-46(89(77,78)79)40(42)14-16-44(53)57(48)24-6-28-85(65,66)67/h7-18,29-32H,5-6,19-28,33H2,1-4H3,(H5-,62,63,64,65,66,67,68,69,70,71,72,73,74,75,76,77,78,79)/p+1. The van der Waals surface area contributed by atoms with Crippen LogP contribution in [-0.4, -0.2) is 170 Å². The molecule has 5 aromatic rings. The van der Waals surface area contributed by atoms with E-state index in [2.05, 4.69) is 0 Å². The summed E-state index contributed by atoms with van der Waals surface area (Å²) in [5.41, 5.74) is -0.623. The van der Waals surface area contributed by atoms with Gasteiger partial charge in [0.2, 0.25) is 5.69 Å². The van der Waals surface area contributed by atoms with Crippen LogP contribution < -0.4 is 9.64 Å². The van der Waals surface area contributed by atoms with Gasteiger partial charge in [0.05, 0.1) is 26.7 Å². The number of carbonyl (C=O) groups excluding carboxylic acids is 3. The number of amides is 2. The van der Waals surface area contributed by atoms with Gasteiger partial charge >= 0.3 is 5.97 Å². The fraction of sp³-hybridized carbons (Fsp3) is 0.345. The molecule has 0 bridgehead atoms. The van der Waals surface area contributed by atoms with Gasteiger partial charge in [-0.1, -0.05) is 24.3 Å². The number of hydrogen-bond acceptors (Lipinski definition) is 20. The number of fused-ring (bicyclic) bond motifs is 6. The van der Waals surface area contributed by atoms with Crippen molar-refractivity contribution < 1.29 is 116 Å². The number of carbonyl (C=O) groups is 3. The second-order valence-electron chi connectivity index (χ2n) is 21.3. The molecule has 8 rings (SSSR count). The summed E-state index contributed by atoms with van der Waals surface area (Å²) >= 11 is 0. The summed E-state index contributed by atoms with van der Waals surface area (Å²) in [6.07, 6.45) is 5.56. The zero-order chi connectivity index (χ0) is 65.6. The highest BCUT2D eigenvalue weighted by Crippen LogP contribution is 2.54. The molecule has 2 atom stereocenters. The molecule has 2 amide bonds. The molecular formula is C55H60N3O25S6+. The number of benzene rings is 5. The third-order valence-corrected chi connectivity index (χ3v) is 20.5. The van der Waals surface area contributed by atoms with Crippen molar-refractivity contribution in [1.29, 1.82) is 0 Å². The Morgan fingerprint density at radius 3 is 1.66 bits per heavy atom. The third kappa shape index (κ3) is 14.8. The molecule has 0 radical (unpaired) electrons. The number of imide groups is 1. The largest absolute Gasteiger partial charge is 0.482 e. The minimum Gasteiger partial charge on any atom is -0.482 e. The summed E-state index contributed by atoms with van der Waals surface area (Å²) in [7, 11) is -27.2. The predicted octanol–water partition coefficient (Wildman–Crippen LogP) is 5.25. The van der Waals surface area contributed by atoms with Crippen molar-refractivity contribution in [3.63, 3.8) is 0 Å². The first-order valence-corrected chi connectivity index (χ1v) is 35.6. The van der Waals surface area contributed by atoms with Gasteiger partial charge in [0.15, 0.2) is 12.3 Å². The minimum atomic E-state index is -5.22. The summed E-state index contributed by atoms with van der Waals surface area (Å²) in [4.78, 5) is 39.9. The maximum Gasteiger partial charge on any atom is 0.370 e. The first-order valence-electron chi connectivity index (χ1n) is 26.6. The van der Waals surface area contributed by atoms with Crippen molar-refractivity contribution in [1.82, 2.24) is 5.06 Å². The van der Waals surface area contributed by atoms with Gasteiger partial charge in [0.1, 0.15) is 22.1 Å². The van der Waals surface area contributed by atoms with E-state index < -0.39 is 127 Å². The number of hydrogen-bond donors (Lipinski definition) is 6. The van der Waals surface area contributed by atoms with Gasteiger partial charge in [-0.15, -0.1) is 5.06 Å². The lowest BCUT2D eigenvalue weighted by atomic mass is 9.74. The molecule has 5 aromatic carbocycles. The average Bonchev–Trinajstić information content (AvgIpc) is 1.61. The van der Waals surface area contributed by atoms with Crippen LogP contribution in [0.4, 0.5) is 11.4 Å². The minimum absolute atomic E-state index is 0.0141. The van der Waals surface area contributed by atoms with Gasteiger partial charge in [0, 0.05) is 98.5 Å². The normalized spacial score (nSPS) is 19.2. The second kappa shape index (κ2) is 25.4. The maximum atomic E-state index is 13.0. The van der Waals surface area contributed by atoms with E-state index in [0.717, 1.165) is 12.1 Å². The van der Waals surface area contributed by atoms with E-state index in [9.17, 15) is 92.2 Å². The SMILES string of the molecule is COCCC1(C)C(/C=C/C(=C/C=C2/N(CCCS(=O)(=O)O)c3ccc4c(S(=O)(=O)O)cc(S(=O)(=O)O)cc4c3C2(C)CCOC)c2ccc(OCC(=O)ON3C(=O)CCC3=O)cc2)=[N+](CCCS(=O)(=O)O)c2ccc3c(S(=O)(=O)O)cc(S(=O)(=O)O)cc3c21. The molecule has 34 heteroatoms. The number of allylic oxidation sites excluding steroid dienone is 6. The summed E-state index contributed by atoms with van der Waals surface area (Å²) in [5, 5.41) is -0.198. The Morgan fingerprint density at radius 1 is 0.629 bits per heavy atom. The highest BCUT2D eigenvalue weighted by Gasteiger charge is 2.50. The van der Waals surface area contributed by atoms with Crippen LogP contribution in [0.25, 0.3) is 27.1 Å². The zero-order valence-corrected chi connectivity index (χ0v) is 52.6. The summed E-state index contributed by atoms with van der Waals surface area (Å²) in [6, 6.07) is 14.6. The predicted molar refractivity (Wildman–Crippen MR) is 318 cm³/mol. The zero-order valence-electron chi connectivity index (χ0n) is 47.7. The van der Waals surface area contributed by atoms with Gasteiger partial charge in [-0.2, -0.15) is 55.1 Å². The van der Waals surface area contributed by atoms with Gasteiger partial charge in [-0.05, 0) is 121 Å². The van der Waals surface area contributed by atoms with Crippen LogP contribution in [0.15, 0.2) is 122 Å². The van der Waals surface area contributed by atoms with Crippen LogP contribution in [0.5, 0.6) is 5.75 Å². The van der Waals surface area contributed by atoms with E-state index in [1.54, 1.807) is 47.6 Å². The van der Waals surface area contributed by atoms with E-state index in [0.29, 0.717) is 34.2 Å². The second-order valence-corrected chi connectivity index (χ2v) is 30.1. The molecule has 1 fully saturated rings. The molecule has 0 saturated carbocycles. The molecule has 1 saturated heterocycles. The average molecular weight is 1360 g/mol. The lowest BCUT2D eigenvalue weighted by Crippen LogP contribution is -2.33. The highest BCUT2D eigenvalue weighted by molar-refractivity contribution is 7.87. The van der Waals surface area contributed by atoms with Gasteiger partial charge in [0.25, 0.3) is 72.5 Å². The van der Waals surface area contributed by atoms with Gasteiger partial charge in [-0.25, -0.2) is 4.79 Å². The lowest BCUT2D eigenvalue weighted by Gasteiger charge is -2.30. The number of hydroxylamine groups is 2. The molecule has 6 N–H and O–H groups in total. The van der Waals surface area contributed by atoms with Crippen molar-refractivity contribution in [2.75, 3.05) is 63.5 Å². The molecule has 480 valence electrons. The monoisotopic (exact) mass is 1350 g/mol. The molecule has 0 spiro atoms. The van der Waals surface area contributed by atoms with Gasteiger partial charge in [-0.3, -0.25) is 36.9 Å². The Bertz CT molecular complexity index is 4590. The van der Waals surface area contributed by atoms with E-state index >= 15 is 0 Å². The molecule has 0 aliphatic carbocycles. The molecule has 3 heterocycles. The quantitative estimate of drug-likeness (QED) is 0.0178. The molecule has 28 nitrogen and oxygen atoms in total. The molecule has 3 aliphatic heterocycles. The van der Waals surface area contributed by atoms with Crippen LogP contribution in [0.3, 0.4) is 0 Å². The van der Waals surface area contributed by atoms with Crippen molar-refractivity contribution in [3.05, 3.63) is 119 Å². The number of rotatable bonds is 26. The number of ether oxygens (including phenoxy) is 3. The van der Waals surface area contributed by atoms with Crippen LogP contribution in [0.1, 0.15) is 69.1 Å². The first-order chi connectivity index (χ1) is 41.3. The molecule has 0 aromatic heterocycles. The fourth-order valence-corrected chi connectivity index (χ4v) is 15.1. The van der Waals surface area contributed by atoms with Crippen LogP contribution in [0.2, 0.25) is 0 Å². The van der Waals surface area contributed by atoms with Crippen molar-refractivity contribution in [2.45, 2.75) is 82.8 Å². The van der Waals surface area contributed by atoms with Crippen molar-refractivity contribution >= 4 is 123 Å². The topological polar surface area (TPSA) is 424 Å². The Kier molecular flexibility index (Phi) is 19.4. The lowest BCUT2D eigenvalue weighted by molar-refractivity contribution is -0.437. The number of nitrogens with zero attached hydrogens (tertiary/aromatic N) is 3. The van der Waals surface area contributed by atoms with E-state index in [1.165, 1.54) is 62.8 Å². The molecule has 2 unspecified atom stereocenters. The van der Waals surface area contributed by atoms with Crippen LogP contribution in [0, 0.1) is 0 Å². The van der Waals surface area contributed by atoms with E-state index in [-0.39, 0.29) is 120 Å². The van der Waals surface area contributed by atoms with Crippen LogP contribution >= 0.6 is 0 Å². The number of methoxy groups -OCH3 is 2. The van der Waals surface area contributed by atoms with E-state index in [1.807, 2.05) is 0 Å². The highest BCUT2D eigenvalue weighted by atomic mass is 32.2. The molecule has 3 aliphatic rings. The molecule has 89 heavy (non-hydrogen) atoms.